The van der Waals surface area contributed by atoms with E-state index in [1.807, 2.05) is 38.1 Å². The van der Waals surface area contributed by atoms with Crippen LogP contribution in [0.15, 0.2) is 42.5 Å². The van der Waals surface area contributed by atoms with E-state index in [1.165, 1.54) is 0 Å². The van der Waals surface area contributed by atoms with Crippen LogP contribution in [0.1, 0.15) is 12.5 Å². The van der Waals surface area contributed by atoms with Gasteiger partial charge in [0.05, 0.1) is 0 Å². The molecule has 1 aliphatic heterocycles. The van der Waals surface area contributed by atoms with E-state index in [0.29, 0.717) is 36.9 Å². The number of allylic oxidation sites excluding steroid dienone is 3. The Balaban J connectivity index is 1.86. The van der Waals surface area contributed by atoms with Crippen LogP contribution in [0, 0.1) is 6.92 Å². The molecular formula is C18H22ClN3O2. The predicted molar refractivity (Wildman–Crippen MR) is 97.3 cm³/mol. The van der Waals surface area contributed by atoms with Gasteiger partial charge in [-0.3, -0.25) is 4.79 Å². The molecule has 0 bridgehead atoms. The molecule has 0 aliphatic carbocycles. The fourth-order valence-corrected chi connectivity index (χ4v) is 2.54. The van der Waals surface area contributed by atoms with Crippen molar-refractivity contribution in [1.29, 1.82) is 0 Å². The van der Waals surface area contributed by atoms with E-state index in [0.717, 1.165) is 5.56 Å². The van der Waals surface area contributed by atoms with Gasteiger partial charge in [-0.2, -0.15) is 0 Å². The highest BCUT2D eigenvalue weighted by Gasteiger charge is 2.23. The summed E-state index contributed by atoms with van der Waals surface area (Å²) in [4.78, 5) is 27.7. The van der Waals surface area contributed by atoms with Gasteiger partial charge in [0.25, 0.3) is 0 Å². The number of aryl methyl sites for hydroxylation is 1. The molecule has 0 saturated carbocycles. The smallest absolute Gasteiger partial charge is 0.321 e. The SMILES string of the molecule is C/C=C/C=C/C(=O)N1CCN(C(=O)Nc2ccc(C)c(Cl)c2)CC1. The molecule has 6 heteroatoms. The van der Waals surface area contributed by atoms with Crippen molar-refractivity contribution >= 4 is 29.2 Å². The summed E-state index contributed by atoms with van der Waals surface area (Å²) in [7, 11) is 0. The molecule has 0 aromatic heterocycles. The van der Waals surface area contributed by atoms with Crippen LogP contribution in [0.2, 0.25) is 5.02 Å². The second-order valence-electron chi connectivity index (χ2n) is 5.59. The summed E-state index contributed by atoms with van der Waals surface area (Å²) >= 11 is 6.07. The molecule has 0 atom stereocenters. The lowest BCUT2D eigenvalue weighted by molar-refractivity contribution is -0.127. The Kier molecular flexibility index (Phi) is 6.44. The van der Waals surface area contributed by atoms with Crippen molar-refractivity contribution < 1.29 is 9.59 Å². The van der Waals surface area contributed by atoms with Gasteiger partial charge in [-0.05, 0) is 31.5 Å². The summed E-state index contributed by atoms with van der Waals surface area (Å²) < 4.78 is 0. The molecule has 1 aliphatic rings. The maximum absolute atomic E-state index is 12.3. The Hall–Kier alpha value is -2.27. The van der Waals surface area contributed by atoms with E-state index in [1.54, 1.807) is 28.0 Å². The number of carbonyl (C=O) groups is 2. The quantitative estimate of drug-likeness (QED) is 0.672. The Morgan fingerprint density at radius 2 is 1.79 bits per heavy atom. The van der Waals surface area contributed by atoms with E-state index in [2.05, 4.69) is 5.32 Å². The van der Waals surface area contributed by atoms with Gasteiger partial charge in [0.2, 0.25) is 5.91 Å². The number of piperazine rings is 1. The number of urea groups is 1. The number of nitrogens with one attached hydrogen (secondary N) is 1. The Morgan fingerprint density at radius 3 is 2.42 bits per heavy atom. The zero-order valence-corrected chi connectivity index (χ0v) is 14.7. The molecule has 24 heavy (non-hydrogen) atoms. The molecule has 2 rings (SSSR count). The lowest BCUT2D eigenvalue weighted by atomic mass is 10.2. The molecule has 1 saturated heterocycles. The first-order valence-electron chi connectivity index (χ1n) is 7.91. The number of nitrogens with zero attached hydrogens (tertiary/aromatic N) is 2. The van der Waals surface area contributed by atoms with Gasteiger partial charge in [-0.1, -0.05) is 35.9 Å². The molecule has 128 valence electrons. The molecule has 5 nitrogen and oxygen atoms in total. The van der Waals surface area contributed by atoms with E-state index >= 15 is 0 Å². The molecule has 1 aromatic carbocycles. The number of halogens is 1. The van der Waals surface area contributed by atoms with E-state index in [4.69, 9.17) is 11.6 Å². The summed E-state index contributed by atoms with van der Waals surface area (Å²) in [6, 6.07) is 5.25. The molecule has 1 fully saturated rings. The maximum atomic E-state index is 12.3. The summed E-state index contributed by atoms with van der Waals surface area (Å²) in [6.45, 7) is 5.88. The largest absolute Gasteiger partial charge is 0.336 e. The maximum Gasteiger partial charge on any atom is 0.321 e. The van der Waals surface area contributed by atoms with Gasteiger partial charge in [0.15, 0.2) is 0 Å². The van der Waals surface area contributed by atoms with E-state index < -0.39 is 0 Å². The van der Waals surface area contributed by atoms with Crippen LogP contribution in [-0.4, -0.2) is 47.9 Å². The van der Waals surface area contributed by atoms with Gasteiger partial charge in [-0.25, -0.2) is 4.79 Å². The minimum absolute atomic E-state index is 0.0292. The second-order valence-corrected chi connectivity index (χ2v) is 6.00. The first-order valence-corrected chi connectivity index (χ1v) is 8.29. The first-order chi connectivity index (χ1) is 11.5. The number of hydrogen-bond donors (Lipinski definition) is 1. The zero-order chi connectivity index (χ0) is 17.5. The van der Waals surface area contributed by atoms with Crippen LogP contribution in [0.25, 0.3) is 0 Å². The van der Waals surface area contributed by atoms with Crippen molar-refractivity contribution in [2.45, 2.75) is 13.8 Å². The lowest BCUT2D eigenvalue weighted by Gasteiger charge is -2.34. The van der Waals surface area contributed by atoms with Crippen LogP contribution in [-0.2, 0) is 4.79 Å². The van der Waals surface area contributed by atoms with Crippen molar-refractivity contribution in [3.05, 3.63) is 53.1 Å². The van der Waals surface area contributed by atoms with Crippen molar-refractivity contribution in [3.8, 4) is 0 Å². The first kappa shape index (κ1) is 18.1. The summed E-state index contributed by atoms with van der Waals surface area (Å²) in [5.41, 5.74) is 1.64. The highest BCUT2D eigenvalue weighted by Crippen LogP contribution is 2.20. The summed E-state index contributed by atoms with van der Waals surface area (Å²) in [5, 5.41) is 3.46. The fourth-order valence-electron chi connectivity index (χ4n) is 2.36. The second kappa shape index (κ2) is 8.55. The van der Waals surface area contributed by atoms with Gasteiger partial charge in [0, 0.05) is 43.0 Å². The van der Waals surface area contributed by atoms with Crippen LogP contribution in [0.5, 0.6) is 0 Å². The Labute approximate surface area is 147 Å². The number of anilines is 1. The number of rotatable bonds is 3. The highest BCUT2D eigenvalue weighted by atomic mass is 35.5. The molecule has 1 aromatic rings. The van der Waals surface area contributed by atoms with Crippen molar-refractivity contribution in [2.24, 2.45) is 0 Å². The average Bonchev–Trinajstić information content (AvgIpc) is 2.58. The van der Waals surface area contributed by atoms with Crippen LogP contribution < -0.4 is 5.32 Å². The summed E-state index contributed by atoms with van der Waals surface area (Å²) in [5.74, 6) is -0.0292. The van der Waals surface area contributed by atoms with Crippen molar-refractivity contribution in [3.63, 3.8) is 0 Å². The minimum atomic E-state index is -0.175. The number of carbonyl (C=O) groups excluding carboxylic acids is 2. The monoisotopic (exact) mass is 347 g/mol. The molecule has 0 radical (unpaired) electrons. The fraction of sp³-hybridized carbons (Fsp3) is 0.333. The highest BCUT2D eigenvalue weighted by molar-refractivity contribution is 6.31. The van der Waals surface area contributed by atoms with Crippen LogP contribution >= 0.6 is 11.6 Å². The third kappa shape index (κ3) is 4.86. The molecule has 0 spiro atoms. The average molecular weight is 348 g/mol. The lowest BCUT2D eigenvalue weighted by Crippen LogP contribution is -2.51. The Bertz CT molecular complexity index is 662. The van der Waals surface area contributed by atoms with E-state index in [9.17, 15) is 9.59 Å². The van der Waals surface area contributed by atoms with Gasteiger partial charge < -0.3 is 15.1 Å². The van der Waals surface area contributed by atoms with Gasteiger partial charge in [-0.15, -0.1) is 0 Å². The third-order valence-corrected chi connectivity index (χ3v) is 4.25. The number of amides is 3. The van der Waals surface area contributed by atoms with E-state index in [-0.39, 0.29) is 11.9 Å². The van der Waals surface area contributed by atoms with Gasteiger partial charge in [0.1, 0.15) is 0 Å². The molecule has 0 unspecified atom stereocenters. The van der Waals surface area contributed by atoms with Crippen molar-refractivity contribution in [2.75, 3.05) is 31.5 Å². The number of benzene rings is 1. The zero-order valence-electron chi connectivity index (χ0n) is 14.0. The molecule has 1 N–H and O–H groups in total. The Morgan fingerprint density at radius 1 is 1.12 bits per heavy atom. The normalized spacial score (nSPS) is 15.3. The predicted octanol–water partition coefficient (Wildman–Crippen LogP) is 3.46. The van der Waals surface area contributed by atoms with Crippen molar-refractivity contribution in [1.82, 2.24) is 9.80 Å². The standard InChI is InChI=1S/C18H22ClN3O2/c1-3-4-5-6-17(23)21-9-11-22(12-10-21)18(24)20-15-8-7-14(2)16(19)13-15/h3-8,13H,9-12H2,1-2H3,(H,20,24)/b4-3+,6-5+. The molecule has 3 amide bonds. The third-order valence-electron chi connectivity index (χ3n) is 3.84. The minimum Gasteiger partial charge on any atom is -0.336 e. The summed E-state index contributed by atoms with van der Waals surface area (Å²) in [6.07, 6.45) is 6.95. The van der Waals surface area contributed by atoms with Crippen LogP contribution in [0.3, 0.4) is 0 Å². The topological polar surface area (TPSA) is 52.7 Å². The van der Waals surface area contributed by atoms with Gasteiger partial charge >= 0.3 is 6.03 Å². The molecular weight excluding hydrogens is 326 g/mol. The molecule has 1 heterocycles. The van der Waals surface area contributed by atoms with Crippen LogP contribution in [0.4, 0.5) is 10.5 Å². The number of hydrogen-bond acceptors (Lipinski definition) is 2.